The number of nitrogens with one attached hydrogen (secondary N) is 1. The van der Waals surface area contributed by atoms with Crippen molar-refractivity contribution in [3.05, 3.63) is 35.9 Å². The number of carbonyl (C=O) groups excluding carboxylic acids is 1. The first kappa shape index (κ1) is 17.5. The van der Waals surface area contributed by atoms with E-state index in [1.807, 2.05) is 28.8 Å². The lowest BCUT2D eigenvalue weighted by Crippen LogP contribution is -2.40. The molecule has 1 saturated carbocycles. The molecule has 26 heavy (non-hydrogen) atoms. The van der Waals surface area contributed by atoms with E-state index in [9.17, 15) is 13.2 Å². The Bertz CT molecular complexity index is 912. The molecule has 0 atom stereocenters. The molecule has 4 rings (SSSR count). The number of pyridine rings is 1. The molecular weight excluding hydrogens is 352 g/mol. The molecule has 2 aliphatic rings. The van der Waals surface area contributed by atoms with Crippen LogP contribution in [0, 0.1) is 0 Å². The molecule has 7 nitrogen and oxygen atoms in total. The van der Waals surface area contributed by atoms with Crippen LogP contribution in [0.4, 0.5) is 0 Å². The van der Waals surface area contributed by atoms with Crippen LogP contribution in [0.3, 0.4) is 0 Å². The summed E-state index contributed by atoms with van der Waals surface area (Å²) in [4.78, 5) is 17.1. The van der Waals surface area contributed by atoms with Crippen LogP contribution in [0.5, 0.6) is 0 Å². The Labute approximate surface area is 153 Å². The normalized spacial score (nSPS) is 18.9. The number of nitrogens with zero attached hydrogens (tertiary/aromatic N) is 3. The summed E-state index contributed by atoms with van der Waals surface area (Å²) in [5.74, 6) is 0.965. The SMILES string of the molecule is O=C(NCCS(=O)(=O)N1CCCCC1)c1nc(C2CC2)n2ccccc12. The third kappa shape index (κ3) is 3.48. The number of amides is 1. The molecule has 2 fully saturated rings. The largest absolute Gasteiger partial charge is 0.350 e. The Morgan fingerprint density at radius 1 is 1.19 bits per heavy atom. The lowest BCUT2D eigenvalue weighted by atomic mass is 10.2. The molecule has 1 aliphatic carbocycles. The van der Waals surface area contributed by atoms with Crippen LogP contribution in [0.15, 0.2) is 24.4 Å². The number of carbonyl (C=O) groups is 1. The molecule has 1 saturated heterocycles. The maximum atomic E-state index is 12.6. The van der Waals surface area contributed by atoms with Crippen molar-refractivity contribution in [1.82, 2.24) is 19.0 Å². The zero-order chi connectivity index (χ0) is 18.1. The summed E-state index contributed by atoms with van der Waals surface area (Å²) in [5, 5.41) is 2.74. The first-order valence-electron chi connectivity index (χ1n) is 9.29. The predicted octanol–water partition coefficient (Wildman–Crippen LogP) is 1.76. The number of aromatic nitrogens is 2. The van der Waals surface area contributed by atoms with Gasteiger partial charge in [0.1, 0.15) is 5.82 Å². The van der Waals surface area contributed by atoms with Crippen LogP contribution >= 0.6 is 0 Å². The van der Waals surface area contributed by atoms with Crippen molar-refractivity contribution in [2.24, 2.45) is 0 Å². The lowest BCUT2D eigenvalue weighted by molar-refractivity contribution is 0.0953. The van der Waals surface area contributed by atoms with Gasteiger partial charge in [0.05, 0.1) is 11.3 Å². The van der Waals surface area contributed by atoms with Gasteiger partial charge in [-0.15, -0.1) is 0 Å². The van der Waals surface area contributed by atoms with Crippen molar-refractivity contribution < 1.29 is 13.2 Å². The number of sulfonamides is 1. The van der Waals surface area contributed by atoms with Crippen molar-refractivity contribution in [2.75, 3.05) is 25.4 Å². The van der Waals surface area contributed by atoms with Crippen molar-refractivity contribution in [1.29, 1.82) is 0 Å². The first-order chi connectivity index (χ1) is 12.6. The van der Waals surface area contributed by atoms with Crippen LogP contribution < -0.4 is 5.32 Å². The van der Waals surface area contributed by atoms with Gasteiger partial charge in [0.25, 0.3) is 5.91 Å². The Hall–Kier alpha value is -1.93. The highest BCUT2D eigenvalue weighted by molar-refractivity contribution is 7.89. The molecule has 0 spiro atoms. The molecule has 0 radical (unpaired) electrons. The molecule has 1 aliphatic heterocycles. The Morgan fingerprint density at radius 3 is 2.69 bits per heavy atom. The number of imidazole rings is 1. The highest BCUT2D eigenvalue weighted by Gasteiger charge is 2.30. The zero-order valence-electron chi connectivity index (χ0n) is 14.7. The van der Waals surface area contributed by atoms with Gasteiger partial charge in [-0.2, -0.15) is 0 Å². The summed E-state index contributed by atoms with van der Waals surface area (Å²) in [6.45, 7) is 1.28. The minimum Gasteiger partial charge on any atom is -0.350 e. The third-order valence-corrected chi connectivity index (χ3v) is 6.96. The van der Waals surface area contributed by atoms with Gasteiger partial charge in [0.15, 0.2) is 5.69 Å². The summed E-state index contributed by atoms with van der Waals surface area (Å²) >= 11 is 0. The fraction of sp³-hybridized carbons (Fsp3) is 0.556. The van der Waals surface area contributed by atoms with E-state index in [2.05, 4.69) is 10.3 Å². The minimum absolute atomic E-state index is 0.0694. The van der Waals surface area contributed by atoms with Crippen molar-refractivity contribution >= 4 is 21.4 Å². The van der Waals surface area contributed by atoms with Crippen molar-refractivity contribution in [2.45, 2.75) is 38.0 Å². The lowest BCUT2D eigenvalue weighted by Gasteiger charge is -2.25. The van der Waals surface area contributed by atoms with Crippen molar-refractivity contribution in [3.8, 4) is 0 Å². The van der Waals surface area contributed by atoms with Gasteiger partial charge >= 0.3 is 0 Å². The van der Waals surface area contributed by atoms with E-state index < -0.39 is 10.0 Å². The number of fused-ring (bicyclic) bond motifs is 1. The number of hydrogen-bond donors (Lipinski definition) is 1. The summed E-state index contributed by atoms with van der Waals surface area (Å²) in [5.41, 5.74) is 1.15. The highest BCUT2D eigenvalue weighted by Crippen LogP contribution is 2.39. The minimum atomic E-state index is -3.31. The maximum absolute atomic E-state index is 12.6. The number of piperidine rings is 1. The standard InChI is InChI=1S/C18H24N4O3S/c23-18(19-9-13-26(24,25)21-10-3-1-4-11-21)16-15-6-2-5-12-22(15)17(20-16)14-7-8-14/h2,5-6,12,14H,1,3-4,7-11,13H2,(H,19,23). The van der Waals surface area contributed by atoms with E-state index >= 15 is 0 Å². The van der Waals surface area contributed by atoms with E-state index in [4.69, 9.17) is 0 Å². The van der Waals surface area contributed by atoms with Crippen LogP contribution in [0.1, 0.15) is 54.3 Å². The second kappa shape index (κ2) is 7.00. The molecule has 8 heteroatoms. The number of rotatable bonds is 6. The van der Waals surface area contributed by atoms with Gasteiger partial charge in [0.2, 0.25) is 10.0 Å². The van der Waals surface area contributed by atoms with Crippen LogP contribution in [0.25, 0.3) is 5.52 Å². The smallest absolute Gasteiger partial charge is 0.272 e. The quantitative estimate of drug-likeness (QED) is 0.833. The van der Waals surface area contributed by atoms with E-state index in [0.717, 1.165) is 43.4 Å². The summed E-state index contributed by atoms with van der Waals surface area (Å²) in [6, 6.07) is 5.68. The monoisotopic (exact) mass is 376 g/mol. The number of hydrogen-bond acceptors (Lipinski definition) is 4. The second-order valence-corrected chi connectivity index (χ2v) is 9.17. The molecule has 3 heterocycles. The maximum Gasteiger partial charge on any atom is 0.272 e. The van der Waals surface area contributed by atoms with Gasteiger partial charge < -0.3 is 9.72 Å². The molecule has 0 aromatic carbocycles. The Balaban J connectivity index is 1.43. The zero-order valence-corrected chi connectivity index (χ0v) is 15.5. The predicted molar refractivity (Wildman–Crippen MR) is 98.7 cm³/mol. The molecule has 1 amide bonds. The first-order valence-corrected chi connectivity index (χ1v) is 10.9. The van der Waals surface area contributed by atoms with E-state index in [-0.39, 0.29) is 18.2 Å². The van der Waals surface area contributed by atoms with Crippen LogP contribution in [0.2, 0.25) is 0 Å². The summed E-state index contributed by atoms with van der Waals surface area (Å²) < 4.78 is 28.3. The second-order valence-electron chi connectivity index (χ2n) is 7.08. The van der Waals surface area contributed by atoms with E-state index in [1.165, 1.54) is 0 Å². The van der Waals surface area contributed by atoms with E-state index in [1.54, 1.807) is 4.31 Å². The van der Waals surface area contributed by atoms with Crippen LogP contribution in [-0.2, 0) is 10.0 Å². The molecule has 2 aromatic heterocycles. The van der Waals surface area contributed by atoms with Gasteiger partial charge in [-0.3, -0.25) is 4.79 Å². The summed E-state index contributed by atoms with van der Waals surface area (Å²) in [7, 11) is -3.31. The fourth-order valence-corrected chi connectivity index (χ4v) is 4.94. The van der Waals surface area contributed by atoms with E-state index in [0.29, 0.717) is 24.7 Å². The highest BCUT2D eigenvalue weighted by atomic mass is 32.2. The van der Waals surface area contributed by atoms with Crippen LogP contribution in [-0.4, -0.2) is 53.4 Å². The fourth-order valence-electron chi connectivity index (χ4n) is 3.51. The summed E-state index contributed by atoms with van der Waals surface area (Å²) in [6.07, 6.45) is 7.03. The molecule has 2 aromatic rings. The average Bonchev–Trinajstić information content (AvgIpc) is 3.42. The average molecular weight is 376 g/mol. The Kier molecular flexibility index (Phi) is 4.71. The molecule has 140 valence electrons. The molecular formula is C18H24N4O3S. The van der Waals surface area contributed by atoms with Gasteiger partial charge in [-0.25, -0.2) is 17.7 Å². The van der Waals surface area contributed by atoms with Gasteiger partial charge in [-0.05, 0) is 37.8 Å². The molecule has 0 bridgehead atoms. The molecule has 1 N–H and O–H groups in total. The molecule has 0 unspecified atom stereocenters. The topological polar surface area (TPSA) is 83.8 Å². The Morgan fingerprint density at radius 2 is 1.96 bits per heavy atom. The van der Waals surface area contributed by atoms with Crippen molar-refractivity contribution in [3.63, 3.8) is 0 Å². The van der Waals surface area contributed by atoms with Gasteiger partial charge in [0, 0.05) is 31.7 Å². The van der Waals surface area contributed by atoms with Gasteiger partial charge in [-0.1, -0.05) is 12.5 Å². The third-order valence-electron chi connectivity index (χ3n) is 5.09.